The Balaban J connectivity index is 1.61. The highest BCUT2D eigenvalue weighted by Gasteiger charge is 2.42. The van der Waals surface area contributed by atoms with Gasteiger partial charge in [0.15, 0.2) is 5.11 Å². The SMILES string of the molecule is Cc1ccc(C)c(-n2c(C)cc([C@@H]3[C@@H](c4ccccn4)NC(=S)N3C[C@@H]3CCCO3)c2C)c1. The van der Waals surface area contributed by atoms with Crippen LogP contribution >= 0.6 is 12.2 Å². The Labute approximate surface area is 201 Å². The predicted octanol–water partition coefficient (Wildman–Crippen LogP) is 5.26. The number of benzene rings is 1. The van der Waals surface area contributed by atoms with Crippen LogP contribution in [0.2, 0.25) is 0 Å². The summed E-state index contributed by atoms with van der Waals surface area (Å²) in [5.74, 6) is 0. The molecule has 0 spiro atoms. The van der Waals surface area contributed by atoms with E-state index in [1.807, 2.05) is 18.3 Å². The van der Waals surface area contributed by atoms with E-state index in [1.54, 1.807) is 0 Å². The van der Waals surface area contributed by atoms with Crippen LogP contribution in [-0.4, -0.2) is 38.8 Å². The normalized spacial score (nSPS) is 22.7. The molecule has 2 aliphatic rings. The molecule has 0 bridgehead atoms. The highest BCUT2D eigenvalue weighted by Crippen LogP contribution is 2.42. The predicted molar refractivity (Wildman–Crippen MR) is 136 cm³/mol. The molecule has 0 unspecified atom stereocenters. The molecule has 5 nitrogen and oxygen atoms in total. The molecule has 0 aliphatic carbocycles. The van der Waals surface area contributed by atoms with Crippen LogP contribution in [0.25, 0.3) is 5.69 Å². The molecule has 2 aromatic heterocycles. The van der Waals surface area contributed by atoms with Crippen LogP contribution in [-0.2, 0) is 4.74 Å². The minimum atomic E-state index is -0.00680. The van der Waals surface area contributed by atoms with Gasteiger partial charge < -0.3 is 19.5 Å². The summed E-state index contributed by atoms with van der Waals surface area (Å²) >= 11 is 5.87. The number of nitrogens with zero attached hydrogens (tertiary/aromatic N) is 3. The molecule has 6 heteroatoms. The molecule has 2 fully saturated rings. The van der Waals surface area contributed by atoms with Gasteiger partial charge in [0.2, 0.25) is 0 Å². The lowest BCUT2D eigenvalue weighted by atomic mass is 9.96. The summed E-state index contributed by atoms with van der Waals surface area (Å²) in [4.78, 5) is 7.03. The van der Waals surface area contributed by atoms with Gasteiger partial charge in [0.05, 0.1) is 23.9 Å². The Hall–Kier alpha value is -2.70. The number of rotatable bonds is 5. The van der Waals surface area contributed by atoms with Crippen molar-refractivity contribution < 1.29 is 4.74 Å². The van der Waals surface area contributed by atoms with Gasteiger partial charge in [-0.25, -0.2) is 0 Å². The van der Waals surface area contributed by atoms with Gasteiger partial charge >= 0.3 is 0 Å². The molecule has 1 aromatic carbocycles. The summed E-state index contributed by atoms with van der Waals surface area (Å²) in [6, 6.07) is 15.1. The van der Waals surface area contributed by atoms with Crippen LogP contribution in [0, 0.1) is 27.7 Å². The number of ether oxygens (including phenoxy) is 1. The highest BCUT2D eigenvalue weighted by atomic mass is 32.1. The molecule has 4 heterocycles. The van der Waals surface area contributed by atoms with Gasteiger partial charge in [0.25, 0.3) is 0 Å². The van der Waals surface area contributed by atoms with Gasteiger partial charge in [-0.1, -0.05) is 18.2 Å². The second kappa shape index (κ2) is 8.92. The number of nitrogens with one attached hydrogen (secondary N) is 1. The van der Waals surface area contributed by atoms with Crippen molar-refractivity contribution in [1.29, 1.82) is 0 Å². The molecular formula is C27H32N4OS. The molecule has 33 heavy (non-hydrogen) atoms. The van der Waals surface area contributed by atoms with Crippen LogP contribution in [0.5, 0.6) is 0 Å². The zero-order chi connectivity index (χ0) is 23.1. The molecule has 5 rings (SSSR count). The third-order valence-electron chi connectivity index (χ3n) is 7.02. The summed E-state index contributed by atoms with van der Waals surface area (Å²) < 4.78 is 8.38. The van der Waals surface area contributed by atoms with E-state index in [0.717, 1.165) is 36.8 Å². The topological polar surface area (TPSA) is 42.3 Å². The maximum Gasteiger partial charge on any atom is 0.170 e. The largest absolute Gasteiger partial charge is 0.376 e. The molecule has 3 aromatic rings. The standard InChI is InChI=1S/C27H32N4OS/c1-17-10-11-18(2)24(14-17)31-19(3)15-22(20(31)4)26-25(23-9-5-6-12-28-23)29-27(33)30(26)16-21-8-7-13-32-21/h5-6,9-12,14-15,21,25-26H,7-8,13,16H2,1-4H3,(H,29,33)/t21-,25+,26+/m0/s1. The molecule has 0 radical (unpaired) electrons. The molecule has 172 valence electrons. The van der Waals surface area contributed by atoms with E-state index in [4.69, 9.17) is 21.9 Å². The van der Waals surface area contributed by atoms with Crippen LogP contribution in [0.1, 0.15) is 58.7 Å². The van der Waals surface area contributed by atoms with E-state index in [2.05, 4.69) is 72.8 Å². The van der Waals surface area contributed by atoms with E-state index < -0.39 is 0 Å². The fourth-order valence-corrected chi connectivity index (χ4v) is 5.68. The van der Waals surface area contributed by atoms with Gasteiger partial charge in [-0.2, -0.15) is 0 Å². The summed E-state index contributed by atoms with van der Waals surface area (Å²) in [6.07, 6.45) is 4.28. The molecule has 2 saturated heterocycles. The average molecular weight is 461 g/mol. The molecule has 0 saturated carbocycles. The molecule has 0 amide bonds. The third kappa shape index (κ3) is 4.06. The monoisotopic (exact) mass is 460 g/mol. The molecule has 2 aliphatic heterocycles. The minimum Gasteiger partial charge on any atom is -0.376 e. The number of aryl methyl sites for hydroxylation is 3. The first-order chi connectivity index (χ1) is 15.9. The van der Waals surface area contributed by atoms with Crippen LogP contribution in [0.4, 0.5) is 0 Å². The minimum absolute atomic E-state index is 0.00680. The average Bonchev–Trinajstić information content (AvgIpc) is 3.50. The lowest BCUT2D eigenvalue weighted by Crippen LogP contribution is -2.36. The first kappa shape index (κ1) is 22.1. The van der Waals surface area contributed by atoms with E-state index in [1.165, 1.54) is 33.8 Å². The number of thiocarbonyl (C=S) groups is 1. The molecular weight excluding hydrogens is 428 g/mol. The zero-order valence-corrected chi connectivity index (χ0v) is 20.7. The first-order valence-corrected chi connectivity index (χ1v) is 12.2. The fraction of sp³-hybridized carbons (Fsp3) is 0.407. The smallest absolute Gasteiger partial charge is 0.170 e. The number of pyridine rings is 1. The van der Waals surface area contributed by atoms with Gasteiger partial charge in [-0.05, 0) is 93.7 Å². The number of hydrogen-bond donors (Lipinski definition) is 1. The van der Waals surface area contributed by atoms with Gasteiger partial charge in [0, 0.05) is 36.4 Å². The third-order valence-corrected chi connectivity index (χ3v) is 7.37. The van der Waals surface area contributed by atoms with Crippen LogP contribution < -0.4 is 5.32 Å². The van der Waals surface area contributed by atoms with Gasteiger partial charge in [-0.15, -0.1) is 0 Å². The Morgan fingerprint density at radius 2 is 1.97 bits per heavy atom. The van der Waals surface area contributed by atoms with Gasteiger partial charge in [0.1, 0.15) is 0 Å². The summed E-state index contributed by atoms with van der Waals surface area (Å²) in [5, 5.41) is 4.37. The Morgan fingerprint density at radius 1 is 1.12 bits per heavy atom. The molecule has 3 atom stereocenters. The van der Waals surface area contributed by atoms with E-state index >= 15 is 0 Å². The summed E-state index contributed by atoms with van der Waals surface area (Å²) in [7, 11) is 0. The second-order valence-electron chi connectivity index (χ2n) is 9.37. The van der Waals surface area contributed by atoms with E-state index in [-0.39, 0.29) is 18.2 Å². The second-order valence-corrected chi connectivity index (χ2v) is 9.75. The Bertz CT molecular complexity index is 1170. The highest BCUT2D eigenvalue weighted by molar-refractivity contribution is 7.80. The maximum absolute atomic E-state index is 6.00. The zero-order valence-electron chi connectivity index (χ0n) is 19.8. The van der Waals surface area contributed by atoms with Gasteiger partial charge in [-0.3, -0.25) is 4.98 Å². The van der Waals surface area contributed by atoms with Crippen molar-refractivity contribution in [2.45, 2.75) is 58.7 Å². The first-order valence-electron chi connectivity index (χ1n) is 11.8. The van der Waals surface area contributed by atoms with Crippen molar-refractivity contribution in [3.05, 3.63) is 82.4 Å². The van der Waals surface area contributed by atoms with Crippen molar-refractivity contribution in [2.24, 2.45) is 0 Å². The molecule has 1 N–H and O–H groups in total. The Morgan fingerprint density at radius 3 is 2.70 bits per heavy atom. The van der Waals surface area contributed by atoms with Crippen LogP contribution in [0.15, 0.2) is 48.7 Å². The lowest BCUT2D eigenvalue weighted by Gasteiger charge is -2.30. The number of hydrogen-bond acceptors (Lipinski definition) is 3. The van der Waals surface area contributed by atoms with Crippen molar-refractivity contribution in [3.8, 4) is 5.69 Å². The summed E-state index contributed by atoms with van der Waals surface area (Å²) in [5.41, 5.74) is 8.54. The fourth-order valence-electron chi connectivity index (χ4n) is 5.37. The summed E-state index contributed by atoms with van der Waals surface area (Å²) in [6.45, 7) is 10.4. The van der Waals surface area contributed by atoms with E-state index in [0.29, 0.717) is 0 Å². The van der Waals surface area contributed by atoms with Crippen molar-refractivity contribution in [2.75, 3.05) is 13.2 Å². The Kier molecular flexibility index (Phi) is 5.97. The van der Waals surface area contributed by atoms with Crippen molar-refractivity contribution in [1.82, 2.24) is 19.8 Å². The van der Waals surface area contributed by atoms with Crippen molar-refractivity contribution >= 4 is 17.3 Å². The maximum atomic E-state index is 6.00. The lowest BCUT2D eigenvalue weighted by molar-refractivity contribution is 0.0842. The van der Waals surface area contributed by atoms with Crippen molar-refractivity contribution in [3.63, 3.8) is 0 Å². The quantitative estimate of drug-likeness (QED) is 0.526. The van der Waals surface area contributed by atoms with Crippen LogP contribution in [0.3, 0.4) is 0 Å². The van der Waals surface area contributed by atoms with E-state index in [9.17, 15) is 0 Å². The number of aromatic nitrogens is 2.